The van der Waals surface area contributed by atoms with E-state index in [4.69, 9.17) is 19.6 Å². The summed E-state index contributed by atoms with van der Waals surface area (Å²) in [5.74, 6) is -1.45. The Morgan fingerprint density at radius 2 is 2.09 bits per heavy atom. The molecule has 3 rings (SSSR count). The Labute approximate surface area is 178 Å². The van der Waals surface area contributed by atoms with Crippen molar-refractivity contribution in [2.24, 2.45) is 0 Å². The third-order valence-corrected chi connectivity index (χ3v) is 5.20. The minimum absolute atomic E-state index is 0.0464. The number of aromatic amines is 1. The molecule has 32 heavy (non-hydrogen) atoms. The molecule has 0 amide bonds. The zero-order chi connectivity index (χ0) is 23.6. The predicted octanol–water partition coefficient (Wildman–Crippen LogP) is -2.51. The number of nitrogens with one attached hydrogen (secondary N) is 2. The van der Waals surface area contributed by atoms with E-state index in [2.05, 4.69) is 24.8 Å². The van der Waals surface area contributed by atoms with E-state index in [-0.39, 0.29) is 36.6 Å². The minimum atomic E-state index is -4.85. The van der Waals surface area contributed by atoms with Crippen LogP contribution in [0.5, 0.6) is 0 Å². The van der Waals surface area contributed by atoms with Crippen molar-refractivity contribution in [3.05, 3.63) is 16.7 Å². The largest absolute Gasteiger partial charge is 0.480 e. The average molecular weight is 479 g/mol. The van der Waals surface area contributed by atoms with Crippen molar-refractivity contribution >= 4 is 30.9 Å². The van der Waals surface area contributed by atoms with Gasteiger partial charge in [-0.05, 0) is 12.8 Å². The number of hydrogen-bond acceptors (Lipinski definition) is 11. The summed E-state index contributed by atoms with van der Waals surface area (Å²) in [7, 11) is -4.85. The summed E-state index contributed by atoms with van der Waals surface area (Å²) in [5.41, 5.74) is -1.01. The van der Waals surface area contributed by atoms with Gasteiger partial charge in [-0.1, -0.05) is 0 Å². The molecule has 0 spiro atoms. The second-order valence-corrected chi connectivity index (χ2v) is 8.21. The highest BCUT2D eigenvalue weighted by atomic mass is 31.2. The number of carboxylic acid groups (broad SMARTS) is 1. The number of phosphoric acid groups is 1. The molecule has 8 N–H and O–H groups in total. The van der Waals surface area contributed by atoms with Crippen LogP contribution in [0.3, 0.4) is 0 Å². The van der Waals surface area contributed by atoms with Gasteiger partial charge in [0, 0.05) is 6.61 Å². The molecule has 1 fully saturated rings. The van der Waals surface area contributed by atoms with Gasteiger partial charge in [-0.3, -0.25) is 18.9 Å². The molecule has 2 aromatic heterocycles. The molecule has 3 heterocycles. The summed E-state index contributed by atoms with van der Waals surface area (Å²) in [6.45, 7) is -0.953. The second-order valence-electron chi connectivity index (χ2n) is 6.97. The lowest BCUT2D eigenvalue weighted by Crippen LogP contribution is -2.33. The van der Waals surface area contributed by atoms with Crippen LogP contribution in [-0.4, -0.2) is 93.3 Å². The number of H-pyrrole nitrogens is 1. The van der Waals surface area contributed by atoms with E-state index in [0.717, 1.165) is 10.9 Å². The fourth-order valence-corrected chi connectivity index (χ4v) is 3.51. The van der Waals surface area contributed by atoms with E-state index in [9.17, 15) is 29.5 Å². The molecule has 5 atom stereocenters. The van der Waals surface area contributed by atoms with Gasteiger partial charge in [0.05, 0.1) is 12.9 Å². The van der Waals surface area contributed by atoms with Gasteiger partial charge in [-0.15, -0.1) is 0 Å². The first-order valence-corrected chi connectivity index (χ1v) is 10.8. The van der Waals surface area contributed by atoms with Crippen LogP contribution in [0.15, 0.2) is 11.1 Å². The molecule has 1 saturated heterocycles. The van der Waals surface area contributed by atoms with Crippen LogP contribution in [0.1, 0.15) is 19.1 Å². The lowest BCUT2D eigenvalue weighted by atomic mass is 10.1. The number of carboxylic acids is 1. The zero-order valence-corrected chi connectivity index (χ0v) is 17.2. The number of aliphatic hydroxyl groups excluding tert-OH is 3. The SMILES string of the molecule is O=C(O)[C@@H](CCCO)Nc1nc2c(ncn2[C@@H]2O[C@H](COP(=O)(O)O)[C@@H](O)[C@H]2O)c(=O)[nH]1. The van der Waals surface area contributed by atoms with E-state index in [1.807, 2.05) is 0 Å². The average Bonchev–Trinajstić information content (AvgIpc) is 3.24. The highest BCUT2D eigenvalue weighted by Crippen LogP contribution is 2.38. The van der Waals surface area contributed by atoms with E-state index in [0.29, 0.717) is 0 Å². The van der Waals surface area contributed by atoms with Crippen molar-refractivity contribution in [2.45, 2.75) is 43.4 Å². The molecule has 1 aliphatic heterocycles. The van der Waals surface area contributed by atoms with Gasteiger partial charge in [0.2, 0.25) is 5.95 Å². The number of rotatable bonds is 10. The maximum atomic E-state index is 12.4. The molecule has 0 bridgehead atoms. The van der Waals surface area contributed by atoms with Crippen LogP contribution < -0.4 is 10.9 Å². The Morgan fingerprint density at radius 1 is 1.38 bits per heavy atom. The summed E-state index contributed by atoms with van der Waals surface area (Å²) in [6.07, 6.45) is -4.49. The highest BCUT2D eigenvalue weighted by molar-refractivity contribution is 7.46. The lowest BCUT2D eigenvalue weighted by Gasteiger charge is -2.17. The molecular weight excluding hydrogens is 457 g/mol. The number of aliphatic carboxylic acids is 1. The molecule has 0 saturated carbocycles. The third-order valence-electron chi connectivity index (χ3n) is 4.71. The smallest absolute Gasteiger partial charge is 0.469 e. The molecule has 0 aliphatic carbocycles. The van der Waals surface area contributed by atoms with Crippen LogP contribution in [-0.2, 0) is 18.6 Å². The molecule has 17 heteroatoms. The number of carbonyl (C=O) groups is 1. The molecule has 0 radical (unpaired) electrons. The number of hydrogen-bond donors (Lipinski definition) is 8. The Kier molecular flexibility index (Phi) is 7.26. The fourth-order valence-electron chi connectivity index (χ4n) is 3.17. The molecular formula is C15H22N5O11P. The van der Waals surface area contributed by atoms with Crippen LogP contribution in [0.25, 0.3) is 11.2 Å². The monoisotopic (exact) mass is 479 g/mol. The number of aromatic nitrogens is 4. The first kappa shape index (κ1) is 24.2. The molecule has 0 aromatic carbocycles. The predicted molar refractivity (Wildman–Crippen MR) is 103 cm³/mol. The maximum Gasteiger partial charge on any atom is 0.469 e. The van der Waals surface area contributed by atoms with Crippen molar-refractivity contribution < 1.29 is 48.8 Å². The number of nitrogens with zero attached hydrogens (tertiary/aromatic N) is 3. The van der Waals surface area contributed by atoms with Crippen molar-refractivity contribution in [3.8, 4) is 0 Å². The van der Waals surface area contributed by atoms with Crippen molar-refractivity contribution in [3.63, 3.8) is 0 Å². The van der Waals surface area contributed by atoms with Gasteiger partial charge < -0.3 is 40.3 Å². The van der Waals surface area contributed by atoms with Crippen molar-refractivity contribution in [1.82, 2.24) is 19.5 Å². The number of imidazole rings is 1. The standard InChI is InChI=1S/C15H22N5O11P/c21-3-1-2-6(14(25)26)17-15-18-11-8(12(24)19-15)16-5-20(11)13-10(23)9(22)7(31-13)4-30-32(27,28)29/h5-7,9-10,13,21-23H,1-4H2,(H,25,26)(H2,27,28,29)(H2,17,18,19,24)/t6-,7-,9-,10-,13-/m1/s1. The maximum absolute atomic E-state index is 12.4. The van der Waals surface area contributed by atoms with Gasteiger partial charge in [-0.2, -0.15) is 4.98 Å². The second kappa shape index (κ2) is 9.60. The summed E-state index contributed by atoms with van der Waals surface area (Å²) in [6, 6.07) is -1.16. The Balaban J connectivity index is 1.88. The minimum Gasteiger partial charge on any atom is -0.480 e. The molecule has 1 aliphatic rings. The molecule has 2 aromatic rings. The number of phosphoric ester groups is 1. The lowest BCUT2D eigenvalue weighted by molar-refractivity contribution is -0.138. The van der Waals surface area contributed by atoms with Gasteiger partial charge in [0.1, 0.15) is 24.4 Å². The summed E-state index contributed by atoms with van der Waals surface area (Å²) in [5, 5.41) is 41.2. The van der Waals surface area contributed by atoms with Crippen LogP contribution >= 0.6 is 7.82 Å². The van der Waals surface area contributed by atoms with Crippen LogP contribution in [0, 0.1) is 0 Å². The highest BCUT2D eigenvalue weighted by Gasteiger charge is 2.45. The van der Waals surface area contributed by atoms with E-state index in [1.165, 1.54) is 0 Å². The van der Waals surface area contributed by atoms with Crippen LogP contribution in [0.2, 0.25) is 0 Å². The van der Waals surface area contributed by atoms with Gasteiger partial charge in [-0.25, -0.2) is 14.3 Å². The Morgan fingerprint density at radius 3 is 2.72 bits per heavy atom. The van der Waals surface area contributed by atoms with E-state index >= 15 is 0 Å². The molecule has 16 nitrogen and oxygen atoms in total. The summed E-state index contributed by atoms with van der Waals surface area (Å²) >= 11 is 0. The van der Waals surface area contributed by atoms with Gasteiger partial charge >= 0.3 is 13.8 Å². The van der Waals surface area contributed by atoms with Crippen molar-refractivity contribution in [1.29, 1.82) is 0 Å². The number of ether oxygens (including phenoxy) is 1. The Hall–Kier alpha value is -2.43. The zero-order valence-electron chi connectivity index (χ0n) is 16.3. The Bertz CT molecular complexity index is 1070. The van der Waals surface area contributed by atoms with Crippen molar-refractivity contribution in [2.75, 3.05) is 18.5 Å². The normalized spacial score (nSPS) is 24.7. The topological polar surface area (TPSA) is 250 Å². The van der Waals surface area contributed by atoms with Gasteiger partial charge in [0.15, 0.2) is 17.4 Å². The first-order chi connectivity index (χ1) is 15.0. The summed E-state index contributed by atoms with van der Waals surface area (Å²) < 4.78 is 21.8. The van der Waals surface area contributed by atoms with E-state index in [1.54, 1.807) is 0 Å². The van der Waals surface area contributed by atoms with E-state index < -0.39 is 56.5 Å². The first-order valence-electron chi connectivity index (χ1n) is 9.30. The number of aliphatic hydroxyl groups is 3. The quantitative estimate of drug-likeness (QED) is 0.164. The number of anilines is 1. The van der Waals surface area contributed by atoms with Gasteiger partial charge in [0.25, 0.3) is 5.56 Å². The summed E-state index contributed by atoms with van der Waals surface area (Å²) in [4.78, 5) is 51.7. The number of fused-ring (bicyclic) bond motifs is 1. The molecule has 0 unspecified atom stereocenters. The van der Waals surface area contributed by atoms with Crippen LogP contribution in [0.4, 0.5) is 5.95 Å². The molecule has 178 valence electrons. The fraction of sp³-hybridized carbons (Fsp3) is 0.600. The third kappa shape index (κ3) is 5.31.